The maximum atomic E-state index is 11.9. The molecule has 5 aliphatic heterocycles. The second-order valence-corrected chi connectivity index (χ2v) is 18.5. The number of piperidine rings is 4. The molecule has 4 bridgehead atoms. The lowest BCUT2D eigenvalue weighted by Gasteiger charge is -2.56. The Morgan fingerprint density at radius 2 is 1.58 bits per heavy atom. The van der Waals surface area contributed by atoms with Gasteiger partial charge in [-0.2, -0.15) is 0 Å². The number of aliphatic hydroxyl groups is 1. The Morgan fingerprint density at radius 3 is 2.17 bits per heavy atom. The molecule has 0 aromatic heterocycles. The number of carbonyl (C=O) groups excluding carboxylic acids is 2. The smallest absolute Gasteiger partial charge is 0.310 e. The topological polar surface area (TPSA) is 160 Å². The summed E-state index contributed by atoms with van der Waals surface area (Å²) in [5.41, 5.74) is 5.12. The summed E-state index contributed by atoms with van der Waals surface area (Å²) < 4.78 is 6.09. The lowest BCUT2D eigenvalue weighted by molar-refractivity contribution is -0.138. The minimum atomic E-state index is -0.772. The highest BCUT2D eigenvalue weighted by Gasteiger charge is 2.64. The number of ketones is 1. The van der Waals surface area contributed by atoms with Gasteiger partial charge in [0.15, 0.2) is 11.5 Å². The number of likely N-dealkylation sites (N-methyl/N-ethyl adjacent to an activating group) is 1. The molecule has 11 rings (SSSR count). The summed E-state index contributed by atoms with van der Waals surface area (Å²) in [6.45, 7) is 12.1. The number of nitrogens with zero attached hydrogens (tertiary/aromatic N) is 2. The number of carbonyl (C=O) groups is 3. The van der Waals surface area contributed by atoms with E-state index in [1.807, 2.05) is 36.4 Å². The van der Waals surface area contributed by atoms with Gasteiger partial charge in [-0.25, -0.2) is 0 Å². The van der Waals surface area contributed by atoms with Crippen molar-refractivity contribution in [3.63, 3.8) is 0 Å². The number of aliphatic hydroxyl groups excluding tert-OH is 1. The molecule has 8 aliphatic rings. The number of anilines is 1. The highest BCUT2D eigenvalue weighted by molar-refractivity contribution is 5.88. The first-order valence-electron chi connectivity index (χ1n) is 21.9. The van der Waals surface area contributed by atoms with Crippen LogP contribution in [0.4, 0.5) is 5.69 Å². The maximum absolute atomic E-state index is 11.9. The van der Waals surface area contributed by atoms with Gasteiger partial charge in [-0.3, -0.25) is 14.4 Å². The number of rotatable bonds is 7. The predicted molar refractivity (Wildman–Crippen MR) is 231 cm³/mol. The molecule has 4 saturated heterocycles. The Hall–Kier alpha value is -4.71. The van der Waals surface area contributed by atoms with Crippen LogP contribution in [0.3, 0.4) is 0 Å². The zero-order valence-corrected chi connectivity index (χ0v) is 35.7. The first-order valence-corrected chi connectivity index (χ1v) is 21.9. The van der Waals surface area contributed by atoms with Crippen LogP contribution in [-0.2, 0) is 32.6 Å². The summed E-state index contributed by atoms with van der Waals surface area (Å²) in [5.74, 6) is 2.97. The van der Waals surface area contributed by atoms with Crippen LogP contribution in [0.1, 0.15) is 88.0 Å². The standard InChI is InChI=1S/C17H19NO3.C13H18O2.C11H17NO.C8H9NO2/c1-18-7-6-17-10-3-5-13(20)16(17)21-15-12(19)4-2-9(14(15)17)8-11(10)18;1-9(2)8-11-4-6-12(7-5-11)10(3)13(14)15;13-11(9-1-2-9)10-7-12-5-3-8(10)4-6-12;1-6(10)9-7-2-4-8(11)5-3-7/h2-5,10-11,13,16,19-20H,6-8H2,1H3;4-7,9-10H,8H2,1-3H3,(H,14,15);8-10H,1-7H2;2-5,11H,1H3,(H,9,10)/t10-,11+,13-,16-,17-;;;/m0.../s1. The van der Waals surface area contributed by atoms with E-state index < -0.39 is 18.0 Å². The number of phenols is 2. The molecule has 3 aromatic carbocycles. The second kappa shape index (κ2) is 18.1. The van der Waals surface area contributed by atoms with Gasteiger partial charge in [-0.15, -0.1) is 0 Å². The van der Waals surface area contributed by atoms with Crippen molar-refractivity contribution in [3.05, 3.63) is 95.1 Å². The normalized spacial score (nSPS) is 29.2. The van der Waals surface area contributed by atoms with Gasteiger partial charge in [0.1, 0.15) is 23.7 Å². The van der Waals surface area contributed by atoms with E-state index in [-0.39, 0.29) is 28.9 Å². The maximum Gasteiger partial charge on any atom is 0.310 e. The number of ether oxygens (including phenoxy) is 1. The zero-order valence-electron chi connectivity index (χ0n) is 35.7. The van der Waals surface area contributed by atoms with Crippen LogP contribution in [0.25, 0.3) is 0 Å². The average Bonchev–Trinajstić information content (AvgIpc) is 4.02. The number of benzene rings is 3. The highest BCUT2D eigenvalue weighted by atomic mass is 16.5. The first-order chi connectivity index (χ1) is 28.7. The molecule has 7 atom stereocenters. The van der Waals surface area contributed by atoms with Crippen LogP contribution < -0.4 is 10.1 Å². The Bertz CT molecular complexity index is 2040. The SMILES string of the molecule is CC(=O)Nc1ccc(O)cc1.CC(C)Cc1ccc(C(C)C(=O)O)cc1.CN1CC[C@]23c4c5ccc(O)c4O[C@H]2[C@@H](O)C=C[C@H]3[C@H]1C5.O=C(C1CC1)C1CN2CCC1CC2. The molecule has 1 spiro atoms. The zero-order chi connectivity index (χ0) is 42.9. The van der Waals surface area contributed by atoms with Gasteiger partial charge in [0.05, 0.1) is 5.92 Å². The number of aromatic hydroxyl groups is 2. The van der Waals surface area contributed by atoms with E-state index in [0.29, 0.717) is 46.9 Å². The Morgan fingerprint density at radius 1 is 0.900 bits per heavy atom. The molecular weight excluding hydrogens is 759 g/mol. The van der Waals surface area contributed by atoms with Crippen molar-refractivity contribution in [2.24, 2.45) is 29.6 Å². The Balaban J connectivity index is 0.000000125. The Labute approximate surface area is 354 Å². The fourth-order valence-corrected chi connectivity index (χ4v) is 10.5. The van der Waals surface area contributed by atoms with Crippen molar-refractivity contribution in [1.82, 2.24) is 9.80 Å². The van der Waals surface area contributed by atoms with Crippen molar-refractivity contribution >= 4 is 23.3 Å². The molecule has 5 fully saturated rings. The van der Waals surface area contributed by atoms with Crippen molar-refractivity contribution < 1.29 is 39.5 Å². The number of carboxylic acids is 1. The number of Topliss-reactive ketones (excluding diaryl/α,β-unsaturated/α-hetero) is 1. The van der Waals surface area contributed by atoms with E-state index in [1.54, 1.807) is 25.1 Å². The first kappa shape index (κ1) is 43.4. The monoisotopic (exact) mass is 821 g/mol. The molecule has 11 nitrogen and oxygen atoms in total. The second-order valence-electron chi connectivity index (χ2n) is 18.5. The van der Waals surface area contributed by atoms with Crippen molar-refractivity contribution in [2.45, 2.75) is 102 Å². The van der Waals surface area contributed by atoms with E-state index in [4.69, 9.17) is 14.9 Å². The van der Waals surface area contributed by atoms with Gasteiger partial charge < -0.3 is 40.3 Å². The number of nitrogens with one attached hydrogen (secondary N) is 1. The number of likely N-dealkylation sites (tertiary alicyclic amines) is 1. The van der Waals surface area contributed by atoms with E-state index in [1.165, 1.54) is 74.5 Å². The lowest BCUT2D eigenvalue weighted by Crippen LogP contribution is -2.64. The van der Waals surface area contributed by atoms with Crippen molar-refractivity contribution in [2.75, 3.05) is 38.5 Å². The number of hydrogen-bond acceptors (Lipinski definition) is 9. The molecule has 5 heterocycles. The minimum Gasteiger partial charge on any atom is -0.508 e. The molecule has 3 aliphatic carbocycles. The predicted octanol–water partition coefficient (Wildman–Crippen LogP) is 6.93. The van der Waals surface area contributed by atoms with Gasteiger partial charge in [0.25, 0.3) is 0 Å². The van der Waals surface area contributed by atoms with Gasteiger partial charge >= 0.3 is 5.97 Å². The largest absolute Gasteiger partial charge is 0.508 e. The molecule has 0 radical (unpaired) electrons. The van der Waals surface area contributed by atoms with Gasteiger partial charge in [0.2, 0.25) is 5.91 Å². The fourth-order valence-electron chi connectivity index (χ4n) is 10.5. The summed E-state index contributed by atoms with van der Waals surface area (Å²) >= 11 is 0. The minimum absolute atomic E-state index is 0.115. The Kier molecular flexibility index (Phi) is 13.1. The van der Waals surface area contributed by atoms with Gasteiger partial charge in [-0.1, -0.05) is 56.3 Å². The van der Waals surface area contributed by atoms with Crippen molar-refractivity contribution in [3.8, 4) is 17.2 Å². The molecule has 2 unspecified atom stereocenters. The van der Waals surface area contributed by atoms with Crippen LogP contribution >= 0.6 is 0 Å². The van der Waals surface area contributed by atoms with E-state index in [9.17, 15) is 24.6 Å². The van der Waals surface area contributed by atoms with Gasteiger partial charge in [-0.05, 0) is 137 Å². The van der Waals surface area contributed by atoms with Crippen molar-refractivity contribution in [1.29, 1.82) is 0 Å². The number of fused-ring (bicyclic) bond motifs is 3. The van der Waals surface area contributed by atoms with Crippen LogP contribution in [0, 0.1) is 29.6 Å². The number of amides is 1. The molecule has 11 heteroatoms. The summed E-state index contributed by atoms with van der Waals surface area (Å²) in [6, 6.07) is 18.4. The third-order valence-corrected chi connectivity index (χ3v) is 13.8. The quantitative estimate of drug-likeness (QED) is 0.125. The van der Waals surface area contributed by atoms with E-state index >= 15 is 0 Å². The van der Waals surface area contributed by atoms with Crippen LogP contribution in [0.5, 0.6) is 17.2 Å². The number of hydrogen-bond donors (Lipinski definition) is 5. The van der Waals surface area contributed by atoms with Crippen LogP contribution in [-0.4, -0.2) is 99.4 Å². The average molecular weight is 822 g/mol. The molecule has 1 amide bonds. The van der Waals surface area contributed by atoms with Crippen LogP contribution in [0.15, 0.2) is 72.8 Å². The molecule has 322 valence electrons. The number of aliphatic carboxylic acids is 1. The summed E-state index contributed by atoms with van der Waals surface area (Å²) in [4.78, 5) is 38.1. The molecule has 3 aromatic rings. The van der Waals surface area contributed by atoms with Crippen LogP contribution in [0.2, 0.25) is 0 Å². The van der Waals surface area contributed by atoms with E-state index in [2.05, 4.69) is 42.1 Å². The summed E-state index contributed by atoms with van der Waals surface area (Å²) in [7, 11) is 2.19. The van der Waals surface area contributed by atoms with Gasteiger partial charge in [0, 0.05) is 53.9 Å². The lowest BCUT2D eigenvalue weighted by atomic mass is 9.53. The summed E-state index contributed by atoms with van der Waals surface area (Å²) in [5, 5.41) is 41.0. The fraction of sp³-hybridized carbons (Fsp3) is 0.531. The molecule has 5 N–H and O–H groups in total. The van der Waals surface area contributed by atoms with E-state index in [0.717, 1.165) is 43.8 Å². The third-order valence-electron chi connectivity index (χ3n) is 13.8. The molecular formula is C49H63N3O8. The molecule has 1 saturated carbocycles. The highest BCUT2D eigenvalue weighted by Crippen LogP contribution is 2.62. The molecule has 60 heavy (non-hydrogen) atoms. The number of phenolic OH excluding ortho intramolecular Hbond substituents is 2. The summed E-state index contributed by atoms with van der Waals surface area (Å²) in [6.07, 6.45) is 11.1. The third kappa shape index (κ3) is 9.14. The number of carboxylic acid groups (broad SMARTS) is 1.